The molecule has 4 unspecified atom stereocenters. The number of methoxy groups -OCH3 is 2. The Bertz CT molecular complexity index is 1850. The van der Waals surface area contributed by atoms with Crippen molar-refractivity contribution < 1.29 is 28.2 Å². The Hall–Kier alpha value is -5.21. The maximum Gasteiger partial charge on any atom is 0.255 e. The molecule has 0 spiro atoms. The van der Waals surface area contributed by atoms with E-state index in [1.807, 2.05) is 6.07 Å². The second-order valence-corrected chi connectivity index (χ2v) is 11.0. The van der Waals surface area contributed by atoms with Crippen LogP contribution >= 0.6 is 11.6 Å². The van der Waals surface area contributed by atoms with Crippen LogP contribution in [-0.2, 0) is 11.8 Å². The van der Waals surface area contributed by atoms with Crippen molar-refractivity contribution in [1.29, 1.82) is 5.26 Å². The second-order valence-electron chi connectivity index (χ2n) is 10.6. The summed E-state index contributed by atoms with van der Waals surface area (Å²) >= 11 is 6.80. The first-order valence-electron chi connectivity index (χ1n) is 13.8. The van der Waals surface area contributed by atoms with E-state index in [0.717, 1.165) is 6.07 Å². The zero-order valence-corrected chi connectivity index (χ0v) is 25.6. The molecular formula is C33H29ClFN5O5. The van der Waals surface area contributed by atoms with E-state index in [9.17, 15) is 24.0 Å². The van der Waals surface area contributed by atoms with E-state index in [1.54, 1.807) is 32.2 Å². The summed E-state index contributed by atoms with van der Waals surface area (Å²) in [7, 11) is 4.53. The SMILES string of the molecule is COc1ccc(C2C(C(=O)c3ccc(C#N)cc3)C(c3c(C)nn(C)c3Cl)N(C(=O)c3cccc(F)c3)C2C(N)=O)cc1OC. The molecule has 4 atom stereocenters. The maximum absolute atomic E-state index is 14.7. The van der Waals surface area contributed by atoms with Crippen molar-refractivity contribution in [2.45, 2.75) is 24.9 Å². The van der Waals surface area contributed by atoms with Crippen molar-refractivity contribution >= 4 is 29.2 Å². The van der Waals surface area contributed by atoms with Gasteiger partial charge in [-0.2, -0.15) is 10.4 Å². The Morgan fingerprint density at radius 2 is 1.69 bits per heavy atom. The van der Waals surface area contributed by atoms with Crippen LogP contribution in [0.3, 0.4) is 0 Å². The van der Waals surface area contributed by atoms with Gasteiger partial charge in [-0.1, -0.05) is 35.9 Å². The molecule has 230 valence electrons. The molecule has 10 nitrogen and oxygen atoms in total. The van der Waals surface area contributed by atoms with Crippen molar-refractivity contribution in [2.24, 2.45) is 18.7 Å². The van der Waals surface area contributed by atoms with Gasteiger partial charge in [0.25, 0.3) is 5.91 Å². The number of Topliss-reactive ketones (excluding diaryl/α,β-unsaturated/α-hetero) is 1. The minimum absolute atomic E-state index is 0.0542. The van der Waals surface area contributed by atoms with Gasteiger partial charge in [0.1, 0.15) is 17.0 Å². The second kappa shape index (κ2) is 12.4. The molecule has 2 heterocycles. The lowest BCUT2D eigenvalue weighted by Crippen LogP contribution is -2.47. The summed E-state index contributed by atoms with van der Waals surface area (Å²) in [6, 6.07) is 15.5. The number of rotatable bonds is 8. The lowest BCUT2D eigenvalue weighted by Gasteiger charge is -2.31. The molecule has 0 bridgehead atoms. The van der Waals surface area contributed by atoms with E-state index in [1.165, 1.54) is 66.3 Å². The predicted molar refractivity (Wildman–Crippen MR) is 163 cm³/mol. The number of likely N-dealkylation sites (tertiary alicyclic amines) is 1. The molecule has 5 rings (SSSR count). The Labute approximate surface area is 263 Å². The van der Waals surface area contributed by atoms with Gasteiger partial charge in [0.2, 0.25) is 5.91 Å². The quantitative estimate of drug-likeness (QED) is 0.278. The van der Waals surface area contributed by atoms with Gasteiger partial charge < -0.3 is 20.1 Å². The highest BCUT2D eigenvalue weighted by Gasteiger charge is 2.58. The van der Waals surface area contributed by atoms with Gasteiger partial charge >= 0.3 is 0 Å². The minimum atomic E-state index is -1.40. The number of aryl methyl sites for hydroxylation is 2. The first kappa shape index (κ1) is 31.2. The van der Waals surface area contributed by atoms with E-state index >= 15 is 0 Å². The fraction of sp³-hybridized carbons (Fsp3) is 0.242. The molecule has 1 fully saturated rings. The smallest absolute Gasteiger partial charge is 0.255 e. The third-order valence-electron chi connectivity index (χ3n) is 8.15. The van der Waals surface area contributed by atoms with Crippen LogP contribution in [0.2, 0.25) is 5.15 Å². The Kier molecular flexibility index (Phi) is 8.62. The number of primary amides is 1. The Balaban J connectivity index is 1.84. The number of carbonyl (C=O) groups excluding carboxylic acids is 3. The molecule has 2 N–H and O–H groups in total. The highest BCUT2D eigenvalue weighted by atomic mass is 35.5. The van der Waals surface area contributed by atoms with Crippen LogP contribution in [0.5, 0.6) is 11.5 Å². The highest BCUT2D eigenvalue weighted by Crippen LogP contribution is 2.54. The van der Waals surface area contributed by atoms with Gasteiger partial charge in [0, 0.05) is 29.7 Å². The number of nitriles is 1. The van der Waals surface area contributed by atoms with Gasteiger partial charge in [-0.15, -0.1) is 0 Å². The van der Waals surface area contributed by atoms with Gasteiger partial charge in [0.05, 0.1) is 43.5 Å². The number of hydrogen-bond donors (Lipinski definition) is 1. The average molecular weight is 630 g/mol. The van der Waals surface area contributed by atoms with E-state index in [-0.39, 0.29) is 16.3 Å². The molecule has 3 aromatic carbocycles. The monoisotopic (exact) mass is 629 g/mol. The lowest BCUT2D eigenvalue weighted by molar-refractivity contribution is -0.122. The van der Waals surface area contributed by atoms with E-state index in [2.05, 4.69) is 5.10 Å². The van der Waals surface area contributed by atoms with Crippen LogP contribution in [0.15, 0.2) is 66.7 Å². The van der Waals surface area contributed by atoms with Crippen molar-refractivity contribution in [1.82, 2.24) is 14.7 Å². The lowest BCUT2D eigenvalue weighted by atomic mass is 9.76. The van der Waals surface area contributed by atoms with E-state index in [4.69, 9.17) is 26.8 Å². The number of carbonyl (C=O) groups is 3. The van der Waals surface area contributed by atoms with Gasteiger partial charge in [-0.05, 0) is 55.0 Å². The molecule has 0 aliphatic carbocycles. The van der Waals surface area contributed by atoms with Crippen molar-refractivity contribution in [3.05, 3.63) is 111 Å². The van der Waals surface area contributed by atoms with Crippen LogP contribution in [0, 0.1) is 30.0 Å². The molecule has 2 amide bonds. The number of benzene rings is 3. The number of nitrogens with two attached hydrogens (primary N) is 1. The molecule has 1 aromatic heterocycles. The zero-order chi connectivity index (χ0) is 32.6. The van der Waals surface area contributed by atoms with Crippen molar-refractivity contribution in [2.75, 3.05) is 14.2 Å². The molecule has 1 aliphatic rings. The fourth-order valence-corrected chi connectivity index (χ4v) is 6.49. The molecule has 12 heteroatoms. The number of nitrogens with zero attached hydrogens (tertiary/aromatic N) is 4. The first-order chi connectivity index (χ1) is 21.5. The minimum Gasteiger partial charge on any atom is -0.493 e. The summed E-state index contributed by atoms with van der Waals surface area (Å²) in [4.78, 5) is 43.8. The summed E-state index contributed by atoms with van der Waals surface area (Å²) in [5.41, 5.74) is 7.82. The third-order valence-corrected chi connectivity index (χ3v) is 8.60. The van der Waals surface area contributed by atoms with E-state index < -0.39 is 47.3 Å². The molecule has 0 saturated carbocycles. The van der Waals surface area contributed by atoms with Gasteiger partial charge in [0.15, 0.2) is 17.3 Å². The zero-order valence-electron chi connectivity index (χ0n) is 24.8. The van der Waals surface area contributed by atoms with Crippen LogP contribution < -0.4 is 15.2 Å². The van der Waals surface area contributed by atoms with Gasteiger partial charge in [-0.25, -0.2) is 4.39 Å². The first-order valence-corrected chi connectivity index (χ1v) is 14.2. The van der Waals surface area contributed by atoms with Gasteiger partial charge in [-0.3, -0.25) is 19.1 Å². The number of halogens is 2. The molecule has 45 heavy (non-hydrogen) atoms. The Morgan fingerprint density at radius 1 is 1.00 bits per heavy atom. The van der Waals surface area contributed by atoms with Crippen LogP contribution in [0.1, 0.15) is 55.1 Å². The summed E-state index contributed by atoms with van der Waals surface area (Å²) in [6.45, 7) is 1.68. The molecule has 4 aromatic rings. The van der Waals surface area contributed by atoms with Crippen LogP contribution in [0.4, 0.5) is 4.39 Å². The average Bonchev–Trinajstić information content (AvgIpc) is 3.51. The molecule has 1 aliphatic heterocycles. The highest BCUT2D eigenvalue weighted by molar-refractivity contribution is 6.30. The van der Waals surface area contributed by atoms with Crippen molar-refractivity contribution in [3.63, 3.8) is 0 Å². The molecule has 0 radical (unpaired) electrons. The predicted octanol–water partition coefficient (Wildman–Crippen LogP) is 4.74. The summed E-state index contributed by atoms with van der Waals surface area (Å²) < 4.78 is 26.8. The van der Waals surface area contributed by atoms with Crippen LogP contribution in [-0.4, -0.2) is 52.5 Å². The van der Waals surface area contributed by atoms with Crippen LogP contribution in [0.25, 0.3) is 0 Å². The molecular weight excluding hydrogens is 601 g/mol. The third kappa shape index (κ3) is 5.49. The van der Waals surface area contributed by atoms with Crippen molar-refractivity contribution in [3.8, 4) is 17.6 Å². The fourth-order valence-electron chi connectivity index (χ4n) is 6.21. The number of ketones is 1. The molecule has 1 saturated heterocycles. The number of aromatic nitrogens is 2. The number of ether oxygens (including phenoxy) is 2. The summed E-state index contributed by atoms with van der Waals surface area (Å²) in [6.07, 6.45) is 0. The largest absolute Gasteiger partial charge is 0.493 e. The summed E-state index contributed by atoms with van der Waals surface area (Å²) in [5, 5.41) is 13.9. The standard InChI is InChI=1S/C33H29ClFN5O5/c1-17-25(31(34)39(2)38-17)28-27(30(41)19-10-8-18(16-36)9-11-19)26(20-12-13-23(44-3)24(15-20)45-4)29(32(37)42)40(28)33(43)21-6-5-7-22(35)14-21/h5-15,26-29H,1-4H3,(H2,37,42). The number of hydrogen-bond acceptors (Lipinski definition) is 7. The number of amides is 2. The Morgan fingerprint density at radius 3 is 2.24 bits per heavy atom. The topological polar surface area (TPSA) is 141 Å². The maximum atomic E-state index is 14.7. The van der Waals surface area contributed by atoms with E-state index in [0.29, 0.717) is 33.9 Å². The summed E-state index contributed by atoms with van der Waals surface area (Å²) in [5.74, 6) is -4.17. The normalized spacial score (nSPS) is 19.2.